The van der Waals surface area contributed by atoms with E-state index in [9.17, 15) is 0 Å². The Morgan fingerprint density at radius 2 is 2.06 bits per heavy atom. The first-order valence-electron chi connectivity index (χ1n) is 6.19. The second kappa shape index (κ2) is 8.23. The Morgan fingerprint density at radius 3 is 2.76 bits per heavy atom. The highest BCUT2D eigenvalue weighted by molar-refractivity contribution is 5.30. The van der Waals surface area contributed by atoms with E-state index < -0.39 is 0 Å². The van der Waals surface area contributed by atoms with E-state index in [2.05, 4.69) is 37.4 Å². The van der Waals surface area contributed by atoms with Crippen molar-refractivity contribution in [1.82, 2.24) is 5.32 Å². The molecule has 3 nitrogen and oxygen atoms in total. The predicted octanol–water partition coefficient (Wildman–Crippen LogP) is 1.79. The van der Waals surface area contributed by atoms with E-state index in [4.69, 9.17) is 9.84 Å². The molecule has 3 heteroatoms. The third-order valence-corrected chi connectivity index (χ3v) is 2.69. The first-order valence-corrected chi connectivity index (χ1v) is 6.19. The zero-order valence-electron chi connectivity index (χ0n) is 10.8. The molecule has 1 aromatic carbocycles. The van der Waals surface area contributed by atoms with Crippen molar-refractivity contribution < 1.29 is 9.84 Å². The highest BCUT2D eigenvalue weighted by Crippen LogP contribution is 2.09. The molecule has 0 aromatic heterocycles. The van der Waals surface area contributed by atoms with E-state index in [-0.39, 0.29) is 6.61 Å². The normalized spacial score (nSPS) is 10.8. The molecular formula is C14H23NO2. The van der Waals surface area contributed by atoms with Gasteiger partial charge in [-0.25, -0.2) is 0 Å². The van der Waals surface area contributed by atoms with Crippen LogP contribution in [0.5, 0.6) is 0 Å². The molecule has 2 N–H and O–H groups in total. The van der Waals surface area contributed by atoms with Crippen LogP contribution in [0.2, 0.25) is 0 Å². The molecule has 0 unspecified atom stereocenters. The number of benzene rings is 1. The van der Waals surface area contributed by atoms with Gasteiger partial charge in [0.25, 0.3) is 0 Å². The third kappa shape index (κ3) is 5.82. The summed E-state index contributed by atoms with van der Waals surface area (Å²) >= 11 is 0. The van der Waals surface area contributed by atoms with Crippen LogP contribution in [0.1, 0.15) is 23.1 Å². The summed E-state index contributed by atoms with van der Waals surface area (Å²) in [7, 11) is 0. The van der Waals surface area contributed by atoms with Crippen LogP contribution in [0.3, 0.4) is 0 Å². The predicted molar refractivity (Wildman–Crippen MR) is 70.1 cm³/mol. The van der Waals surface area contributed by atoms with Gasteiger partial charge in [0.2, 0.25) is 0 Å². The molecule has 1 rings (SSSR count). The summed E-state index contributed by atoms with van der Waals surface area (Å²) in [6.45, 7) is 7.37. The fourth-order valence-corrected chi connectivity index (χ4v) is 1.73. The molecule has 96 valence electrons. The van der Waals surface area contributed by atoms with Crippen LogP contribution in [0.25, 0.3) is 0 Å². The lowest BCUT2D eigenvalue weighted by Gasteiger charge is -2.08. The highest BCUT2D eigenvalue weighted by Gasteiger charge is 1.97. The molecule has 0 atom stereocenters. The SMILES string of the molecule is Cc1ccc(CNCCCOCCO)c(C)c1. The zero-order chi connectivity index (χ0) is 12.5. The average molecular weight is 237 g/mol. The van der Waals surface area contributed by atoms with Crippen molar-refractivity contribution in [3.05, 3.63) is 34.9 Å². The Morgan fingerprint density at radius 1 is 1.24 bits per heavy atom. The van der Waals surface area contributed by atoms with E-state index in [0.717, 1.165) is 19.5 Å². The lowest BCUT2D eigenvalue weighted by Crippen LogP contribution is -2.17. The molecule has 1 aromatic rings. The second-order valence-electron chi connectivity index (χ2n) is 4.30. The highest BCUT2D eigenvalue weighted by atomic mass is 16.5. The van der Waals surface area contributed by atoms with Crippen molar-refractivity contribution in [2.45, 2.75) is 26.8 Å². The fraction of sp³-hybridized carbons (Fsp3) is 0.571. The lowest BCUT2D eigenvalue weighted by molar-refractivity contribution is 0.0907. The summed E-state index contributed by atoms with van der Waals surface area (Å²) in [6, 6.07) is 6.54. The van der Waals surface area contributed by atoms with Crippen molar-refractivity contribution in [3.63, 3.8) is 0 Å². The molecule has 0 fully saturated rings. The van der Waals surface area contributed by atoms with E-state index in [1.165, 1.54) is 16.7 Å². The van der Waals surface area contributed by atoms with Crippen LogP contribution in [0, 0.1) is 13.8 Å². The largest absolute Gasteiger partial charge is 0.394 e. The van der Waals surface area contributed by atoms with Gasteiger partial charge in [-0.05, 0) is 37.9 Å². The number of hydrogen-bond donors (Lipinski definition) is 2. The van der Waals surface area contributed by atoms with Crippen molar-refractivity contribution >= 4 is 0 Å². The van der Waals surface area contributed by atoms with E-state index in [1.807, 2.05) is 0 Å². The van der Waals surface area contributed by atoms with Gasteiger partial charge >= 0.3 is 0 Å². The van der Waals surface area contributed by atoms with Gasteiger partial charge in [0.15, 0.2) is 0 Å². The van der Waals surface area contributed by atoms with E-state index in [0.29, 0.717) is 13.2 Å². The standard InChI is InChI=1S/C14H23NO2/c1-12-4-5-14(13(2)10-12)11-15-6-3-8-17-9-7-16/h4-5,10,15-16H,3,6-9,11H2,1-2H3. The molecule has 0 amide bonds. The number of aryl methyl sites for hydroxylation is 2. The van der Waals surface area contributed by atoms with Crippen LogP contribution in [0.15, 0.2) is 18.2 Å². The molecule has 0 heterocycles. The van der Waals surface area contributed by atoms with Gasteiger partial charge < -0.3 is 15.2 Å². The molecule has 0 spiro atoms. The summed E-state index contributed by atoms with van der Waals surface area (Å²) in [5.74, 6) is 0. The van der Waals surface area contributed by atoms with Gasteiger partial charge in [-0.2, -0.15) is 0 Å². The first kappa shape index (κ1) is 14.2. The molecule has 0 aliphatic carbocycles. The fourth-order valence-electron chi connectivity index (χ4n) is 1.73. The molecule has 0 aliphatic heterocycles. The molecule has 0 saturated carbocycles. The number of ether oxygens (including phenoxy) is 1. The summed E-state index contributed by atoms with van der Waals surface area (Å²) in [4.78, 5) is 0. The van der Waals surface area contributed by atoms with E-state index >= 15 is 0 Å². The van der Waals surface area contributed by atoms with Gasteiger partial charge in [-0.3, -0.25) is 0 Å². The van der Waals surface area contributed by atoms with Crippen molar-refractivity contribution in [1.29, 1.82) is 0 Å². The maximum atomic E-state index is 8.53. The summed E-state index contributed by atoms with van der Waals surface area (Å²) < 4.78 is 5.18. The Labute approximate surface area is 104 Å². The van der Waals surface area contributed by atoms with Crippen LogP contribution in [0.4, 0.5) is 0 Å². The Bertz CT molecular complexity index is 326. The Kier molecular flexibility index (Phi) is 6.86. The van der Waals surface area contributed by atoms with Crippen LogP contribution in [-0.2, 0) is 11.3 Å². The topological polar surface area (TPSA) is 41.5 Å². The summed E-state index contributed by atoms with van der Waals surface area (Å²) in [5.41, 5.74) is 4.00. The first-order chi connectivity index (χ1) is 8.24. The third-order valence-electron chi connectivity index (χ3n) is 2.69. The quantitative estimate of drug-likeness (QED) is 0.677. The van der Waals surface area contributed by atoms with Crippen molar-refractivity contribution in [2.24, 2.45) is 0 Å². The van der Waals surface area contributed by atoms with Crippen molar-refractivity contribution in [2.75, 3.05) is 26.4 Å². The Balaban J connectivity index is 2.14. The van der Waals surface area contributed by atoms with Gasteiger partial charge in [0.1, 0.15) is 0 Å². The summed E-state index contributed by atoms with van der Waals surface area (Å²) in [5, 5.41) is 11.9. The number of aliphatic hydroxyl groups is 1. The Hall–Kier alpha value is -0.900. The molecule has 0 saturated heterocycles. The summed E-state index contributed by atoms with van der Waals surface area (Å²) in [6.07, 6.45) is 0.977. The van der Waals surface area contributed by atoms with Crippen molar-refractivity contribution in [3.8, 4) is 0 Å². The van der Waals surface area contributed by atoms with Crippen LogP contribution >= 0.6 is 0 Å². The van der Waals surface area contributed by atoms with Gasteiger partial charge in [-0.1, -0.05) is 23.8 Å². The minimum Gasteiger partial charge on any atom is -0.394 e. The van der Waals surface area contributed by atoms with Gasteiger partial charge in [0.05, 0.1) is 13.2 Å². The number of hydrogen-bond acceptors (Lipinski definition) is 3. The number of rotatable bonds is 8. The van der Waals surface area contributed by atoms with Gasteiger partial charge in [0, 0.05) is 13.2 Å². The monoisotopic (exact) mass is 237 g/mol. The van der Waals surface area contributed by atoms with Gasteiger partial charge in [-0.15, -0.1) is 0 Å². The smallest absolute Gasteiger partial charge is 0.0697 e. The molecule has 0 aliphatic rings. The lowest BCUT2D eigenvalue weighted by atomic mass is 10.1. The van der Waals surface area contributed by atoms with Crippen LogP contribution in [-0.4, -0.2) is 31.5 Å². The molecule has 0 radical (unpaired) electrons. The molecule has 17 heavy (non-hydrogen) atoms. The molecular weight excluding hydrogens is 214 g/mol. The number of nitrogens with one attached hydrogen (secondary N) is 1. The van der Waals surface area contributed by atoms with E-state index in [1.54, 1.807) is 0 Å². The zero-order valence-corrected chi connectivity index (χ0v) is 10.8. The van der Waals surface area contributed by atoms with Crippen LogP contribution < -0.4 is 5.32 Å². The average Bonchev–Trinajstić information content (AvgIpc) is 2.30. The molecule has 0 bridgehead atoms. The maximum Gasteiger partial charge on any atom is 0.0697 e. The maximum absolute atomic E-state index is 8.53. The minimum absolute atomic E-state index is 0.107. The minimum atomic E-state index is 0.107. The second-order valence-corrected chi connectivity index (χ2v) is 4.30. The number of aliphatic hydroxyl groups excluding tert-OH is 1.